The number of nitrogens with zero attached hydrogens (tertiary/aromatic N) is 1. The van der Waals surface area contributed by atoms with Crippen LogP contribution in [0.25, 0.3) is 10.6 Å². The van der Waals surface area contributed by atoms with Crippen molar-refractivity contribution in [2.24, 2.45) is 0 Å². The highest BCUT2D eigenvalue weighted by atomic mass is 32.1. The fourth-order valence-electron chi connectivity index (χ4n) is 2.91. The molecule has 29 heavy (non-hydrogen) atoms. The molecule has 0 saturated heterocycles. The average Bonchev–Trinajstić information content (AvgIpc) is 3.15. The third-order valence-electron chi connectivity index (χ3n) is 4.47. The van der Waals surface area contributed by atoms with Gasteiger partial charge in [-0.25, -0.2) is 4.98 Å². The third kappa shape index (κ3) is 6.15. The van der Waals surface area contributed by atoms with Crippen molar-refractivity contribution < 1.29 is 18.0 Å². The first-order valence-corrected chi connectivity index (χ1v) is 10.1. The van der Waals surface area contributed by atoms with Gasteiger partial charge in [-0.1, -0.05) is 42.5 Å². The van der Waals surface area contributed by atoms with Crippen molar-refractivity contribution in [2.45, 2.75) is 38.4 Å². The minimum Gasteiger partial charge on any atom is -0.353 e. The van der Waals surface area contributed by atoms with Crippen molar-refractivity contribution in [3.8, 4) is 10.6 Å². The molecule has 0 radical (unpaired) electrons. The molecule has 3 aromatic rings. The molecule has 1 atom stereocenters. The summed E-state index contributed by atoms with van der Waals surface area (Å²) in [5.74, 6) is -0.116. The molecule has 1 aromatic heterocycles. The summed E-state index contributed by atoms with van der Waals surface area (Å²) in [6.45, 7) is 1.97. The first kappa shape index (κ1) is 21.0. The van der Waals surface area contributed by atoms with E-state index in [0.717, 1.165) is 25.0 Å². The lowest BCUT2D eigenvalue weighted by Gasteiger charge is -2.13. The second-order valence-corrected chi connectivity index (χ2v) is 7.75. The fraction of sp³-hybridized carbons (Fsp3) is 0.273. The quantitative estimate of drug-likeness (QED) is 0.550. The third-order valence-corrected chi connectivity index (χ3v) is 5.41. The van der Waals surface area contributed by atoms with Gasteiger partial charge in [-0.3, -0.25) is 4.79 Å². The minimum atomic E-state index is -4.36. The monoisotopic (exact) mass is 418 g/mol. The average molecular weight is 418 g/mol. The molecule has 0 bridgehead atoms. The summed E-state index contributed by atoms with van der Waals surface area (Å²) < 4.78 is 38.0. The van der Waals surface area contributed by atoms with Gasteiger partial charge in [-0.15, -0.1) is 11.3 Å². The standard InChI is InChI=1S/C22H21F3N2OS/c1-15(7-8-16-5-3-2-4-6-16)26-20(28)13-19-14-29-21(27-19)17-9-11-18(12-10-17)22(23,24)25/h2-6,9-12,14-15H,7-8,13H2,1H3,(H,26,28). The number of aryl methyl sites for hydroxylation is 1. The van der Waals surface area contributed by atoms with Crippen LogP contribution in [0, 0.1) is 0 Å². The first-order valence-electron chi connectivity index (χ1n) is 9.26. The van der Waals surface area contributed by atoms with E-state index in [4.69, 9.17) is 0 Å². The highest BCUT2D eigenvalue weighted by molar-refractivity contribution is 7.13. The van der Waals surface area contributed by atoms with E-state index in [2.05, 4.69) is 22.4 Å². The maximum Gasteiger partial charge on any atom is 0.416 e. The van der Waals surface area contributed by atoms with E-state index in [1.54, 1.807) is 5.38 Å². The Hall–Kier alpha value is -2.67. The maximum atomic E-state index is 12.7. The van der Waals surface area contributed by atoms with Crippen LogP contribution in [-0.2, 0) is 23.8 Å². The number of nitrogens with one attached hydrogen (secondary N) is 1. The van der Waals surface area contributed by atoms with Crippen molar-refractivity contribution in [1.82, 2.24) is 10.3 Å². The summed E-state index contributed by atoms with van der Waals surface area (Å²) in [4.78, 5) is 16.7. The van der Waals surface area contributed by atoms with Gasteiger partial charge in [-0.05, 0) is 37.5 Å². The minimum absolute atomic E-state index is 0.0377. The number of aromatic nitrogens is 1. The van der Waals surface area contributed by atoms with Gasteiger partial charge in [0.2, 0.25) is 5.91 Å². The van der Waals surface area contributed by atoms with Crippen LogP contribution in [0.4, 0.5) is 13.2 Å². The van der Waals surface area contributed by atoms with Crippen LogP contribution in [0.1, 0.15) is 30.2 Å². The molecular formula is C22H21F3N2OS. The lowest BCUT2D eigenvalue weighted by Crippen LogP contribution is -2.34. The molecule has 0 fully saturated rings. The Morgan fingerprint density at radius 3 is 2.45 bits per heavy atom. The normalized spacial score (nSPS) is 12.6. The Labute approximate surface area is 171 Å². The molecule has 3 nitrogen and oxygen atoms in total. The smallest absolute Gasteiger partial charge is 0.353 e. The summed E-state index contributed by atoms with van der Waals surface area (Å²) in [6.07, 6.45) is -2.49. The van der Waals surface area contributed by atoms with E-state index in [1.165, 1.54) is 29.0 Å². The molecule has 0 aliphatic rings. The number of hydrogen-bond acceptors (Lipinski definition) is 3. The van der Waals surface area contributed by atoms with Crippen molar-refractivity contribution in [1.29, 1.82) is 0 Å². The number of thiazole rings is 1. The van der Waals surface area contributed by atoms with Gasteiger partial charge in [-0.2, -0.15) is 13.2 Å². The Morgan fingerprint density at radius 2 is 1.79 bits per heavy atom. The Morgan fingerprint density at radius 1 is 1.10 bits per heavy atom. The molecule has 152 valence electrons. The molecule has 0 aliphatic carbocycles. The number of carbonyl (C=O) groups excluding carboxylic acids is 1. The number of benzene rings is 2. The van der Waals surface area contributed by atoms with Crippen LogP contribution in [0.2, 0.25) is 0 Å². The number of alkyl halides is 3. The van der Waals surface area contributed by atoms with Crippen LogP contribution >= 0.6 is 11.3 Å². The second kappa shape index (κ2) is 9.22. The zero-order valence-electron chi connectivity index (χ0n) is 15.9. The van der Waals surface area contributed by atoms with E-state index >= 15 is 0 Å². The Balaban J connectivity index is 1.52. The number of amides is 1. The van der Waals surface area contributed by atoms with Crippen molar-refractivity contribution >= 4 is 17.2 Å². The maximum absolute atomic E-state index is 12.7. The van der Waals surface area contributed by atoms with Gasteiger partial charge in [0.05, 0.1) is 17.7 Å². The van der Waals surface area contributed by atoms with Crippen molar-refractivity contribution in [3.63, 3.8) is 0 Å². The largest absolute Gasteiger partial charge is 0.416 e. The van der Waals surface area contributed by atoms with Crippen LogP contribution in [0.3, 0.4) is 0 Å². The molecule has 7 heteroatoms. The molecule has 0 saturated carbocycles. The van der Waals surface area contributed by atoms with Crippen LogP contribution in [-0.4, -0.2) is 16.9 Å². The summed E-state index contributed by atoms with van der Waals surface area (Å²) in [5, 5.41) is 5.33. The Kier molecular flexibility index (Phi) is 6.69. The van der Waals surface area contributed by atoms with Gasteiger partial charge >= 0.3 is 6.18 Å². The molecule has 1 unspecified atom stereocenters. The highest BCUT2D eigenvalue weighted by Crippen LogP contribution is 2.31. The van der Waals surface area contributed by atoms with E-state index in [9.17, 15) is 18.0 Å². The summed E-state index contributed by atoms with van der Waals surface area (Å²) in [6, 6.07) is 15.0. The molecule has 0 aliphatic heterocycles. The molecule has 2 aromatic carbocycles. The number of hydrogen-bond donors (Lipinski definition) is 1. The van der Waals surface area contributed by atoms with Crippen molar-refractivity contribution in [2.75, 3.05) is 0 Å². The van der Waals surface area contributed by atoms with E-state index in [-0.39, 0.29) is 18.4 Å². The number of halogens is 3. The number of carbonyl (C=O) groups is 1. The predicted molar refractivity (Wildman–Crippen MR) is 109 cm³/mol. The molecular weight excluding hydrogens is 397 g/mol. The molecule has 1 amide bonds. The second-order valence-electron chi connectivity index (χ2n) is 6.89. The lowest BCUT2D eigenvalue weighted by atomic mass is 10.1. The summed E-state index contributed by atoms with van der Waals surface area (Å²) in [5.41, 5.74) is 1.75. The SMILES string of the molecule is CC(CCc1ccccc1)NC(=O)Cc1csc(-c2ccc(C(F)(F)F)cc2)n1. The first-order chi connectivity index (χ1) is 13.8. The summed E-state index contributed by atoms with van der Waals surface area (Å²) in [7, 11) is 0. The molecule has 1 heterocycles. The van der Waals surface area contributed by atoms with Crippen LogP contribution < -0.4 is 5.32 Å². The van der Waals surface area contributed by atoms with E-state index < -0.39 is 11.7 Å². The zero-order chi connectivity index (χ0) is 20.9. The van der Waals surface area contributed by atoms with Gasteiger partial charge in [0.15, 0.2) is 0 Å². The zero-order valence-corrected chi connectivity index (χ0v) is 16.7. The van der Waals surface area contributed by atoms with Crippen LogP contribution in [0.5, 0.6) is 0 Å². The molecule has 0 spiro atoms. The summed E-state index contributed by atoms with van der Waals surface area (Å²) >= 11 is 1.31. The fourth-order valence-corrected chi connectivity index (χ4v) is 3.74. The molecule has 3 rings (SSSR count). The predicted octanol–water partition coefficient (Wildman–Crippen LogP) is 5.51. The van der Waals surface area contributed by atoms with Gasteiger partial charge in [0.1, 0.15) is 5.01 Å². The highest BCUT2D eigenvalue weighted by Gasteiger charge is 2.30. The van der Waals surface area contributed by atoms with Gasteiger partial charge in [0.25, 0.3) is 0 Å². The molecule has 1 N–H and O–H groups in total. The topological polar surface area (TPSA) is 42.0 Å². The Bertz CT molecular complexity index is 937. The lowest BCUT2D eigenvalue weighted by molar-refractivity contribution is -0.137. The van der Waals surface area contributed by atoms with Crippen LogP contribution in [0.15, 0.2) is 60.0 Å². The number of rotatable bonds is 7. The van der Waals surface area contributed by atoms with Crippen molar-refractivity contribution in [3.05, 3.63) is 76.8 Å². The van der Waals surface area contributed by atoms with Gasteiger partial charge < -0.3 is 5.32 Å². The van der Waals surface area contributed by atoms with E-state index in [0.29, 0.717) is 16.3 Å². The van der Waals surface area contributed by atoms with E-state index in [1.807, 2.05) is 25.1 Å². The van der Waals surface area contributed by atoms with Gasteiger partial charge in [0, 0.05) is 17.0 Å².